The third kappa shape index (κ3) is 3.67. The summed E-state index contributed by atoms with van der Waals surface area (Å²) in [5.74, 6) is 0.668. The fraction of sp³-hybridized carbons (Fsp3) is 0.130. The van der Waals surface area contributed by atoms with Crippen LogP contribution in [0.25, 0.3) is 33.7 Å². The smallest absolute Gasteiger partial charge is 0.235 e. The first-order chi connectivity index (χ1) is 15.4. The van der Waals surface area contributed by atoms with E-state index in [0.717, 1.165) is 28.0 Å². The van der Waals surface area contributed by atoms with Gasteiger partial charge in [-0.1, -0.05) is 0 Å². The largest absolute Gasteiger partial charge is 0.444 e. The quantitative estimate of drug-likeness (QED) is 0.410. The Hall–Kier alpha value is -3.85. The fourth-order valence-corrected chi connectivity index (χ4v) is 4.14. The molecule has 0 aliphatic heterocycles. The molecule has 0 saturated heterocycles. The van der Waals surface area contributed by atoms with Crippen molar-refractivity contribution < 1.29 is 12.8 Å². The van der Waals surface area contributed by atoms with Crippen LogP contribution >= 0.6 is 0 Å². The highest BCUT2D eigenvalue weighted by Crippen LogP contribution is 2.28. The number of oxazole rings is 1. The molecule has 3 heterocycles. The van der Waals surface area contributed by atoms with Crippen molar-refractivity contribution in [3.05, 3.63) is 79.8 Å². The lowest BCUT2D eigenvalue weighted by atomic mass is 10.1. The van der Waals surface area contributed by atoms with Gasteiger partial charge < -0.3 is 8.98 Å². The normalized spacial score (nSPS) is 12.0. The summed E-state index contributed by atoms with van der Waals surface area (Å²) in [6.45, 7) is 3.29. The molecule has 5 aromatic rings. The first kappa shape index (κ1) is 20.1. The third-order valence-electron chi connectivity index (χ3n) is 5.23. The summed E-state index contributed by atoms with van der Waals surface area (Å²) in [7, 11) is -3.50. The minimum Gasteiger partial charge on any atom is -0.444 e. The number of sulfonamides is 1. The molecule has 9 heteroatoms. The highest BCUT2D eigenvalue weighted by Gasteiger charge is 2.17. The highest BCUT2D eigenvalue weighted by molar-refractivity contribution is 7.93. The van der Waals surface area contributed by atoms with E-state index in [9.17, 15) is 8.42 Å². The number of hydrogen-bond donors (Lipinski definition) is 1. The van der Waals surface area contributed by atoms with Crippen molar-refractivity contribution in [3.63, 3.8) is 0 Å². The molecule has 2 aromatic carbocycles. The zero-order valence-corrected chi connectivity index (χ0v) is 18.3. The van der Waals surface area contributed by atoms with E-state index in [1.807, 2.05) is 64.0 Å². The molecule has 0 saturated carbocycles. The van der Waals surface area contributed by atoms with E-state index in [0.29, 0.717) is 11.4 Å². The molecule has 0 aliphatic rings. The second-order valence-corrected chi connectivity index (χ2v) is 9.94. The molecular weight excluding hydrogens is 426 g/mol. The van der Waals surface area contributed by atoms with Crippen LogP contribution in [-0.4, -0.2) is 32.8 Å². The number of nitrogens with one attached hydrogen (secondary N) is 1. The Morgan fingerprint density at radius 1 is 1.03 bits per heavy atom. The van der Waals surface area contributed by atoms with Crippen molar-refractivity contribution in [2.45, 2.75) is 19.1 Å². The van der Waals surface area contributed by atoms with Crippen LogP contribution < -0.4 is 4.72 Å². The number of fused-ring (bicyclic) bond motifs is 1. The lowest BCUT2D eigenvalue weighted by Crippen LogP contribution is -2.22. The number of rotatable bonds is 6. The molecule has 0 radical (unpaired) electrons. The first-order valence-electron chi connectivity index (χ1n) is 10.1. The molecule has 162 valence electrons. The van der Waals surface area contributed by atoms with E-state index in [1.54, 1.807) is 32.4 Å². The van der Waals surface area contributed by atoms with Crippen molar-refractivity contribution in [1.82, 2.24) is 19.1 Å². The van der Waals surface area contributed by atoms with Crippen LogP contribution in [-0.2, 0) is 10.0 Å². The molecule has 0 bridgehead atoms. The lowest BCUT2D eigenvalue weighted by Gasteiger charge is -2.15. The van der Waals surface area contributed by atoms with Crippen molar-refractivity contribution in [2.75, 3.05) is 4.72 Å². The van der Waals surface area contributed by atoms with Crippen LogP contribution in [0.1, 0.15) is 13.8 Å². The van der Waals surface area contributed by atoms with Gasteiger partial charge in [0.2, 0.25) is 10.0 Å². The number of benzene rings is 2. The predicted molar refractivity (Wildman–Crippen MR) is 124 cm³/mol. The van der Waals surface area contributed by atoms with Gasteiger partial charge in [-0.15, -0.1) is 0 Å². The van der Waals surface area contributed by atoms with Crippen molar-refractivity contribution in [1.29, 1.82) is 0 Å². The Balaban J connectivity index is 1.63. The third-order valence-corrected chi connectivity index (χ3v) is 6.99. The maximum Gasteiger partial charge on any atom is 0.235 e. The van der Waals surface area contributed by atoms with Crippen molar-refractivity contribution in [2.24, 2.45) is 0 Å². The molecule has 0 amide bonds. The number of imidazole rings is 1. The molecule has 0 atom stereocenters. The maximum atomic E-state index is 12.5. The average molecular weight is 448 g/mol. The minimum absolute atomic E-state index is 0.486. The number of hydrogen-bond acceptors (Lipinski definition) is 5. The van der Waals surface area contributed by atoms with E-state index in [-0.39, 0.29) is 0 Å². The van der Waals surface area contributed by atoms with Crippen LogP contribution in [0.5, 0.6) is 0 Å². The first-order valence-corrected chi connectivity index (χ1v) is 11.6. The van der Waals surface area contributed by atoms with Gasteiger partial charge in [-0.3, -0.25) is 9.29 Å². The van der Waals surface area contributed by atoms with E-state index < -0.39 is 15.3 Å². The van der Waals surface area contributed by atoms with Crippen molar-refractivity contribution >= 4 is 26.7 Å². The predicted octanol–water partition coefficient (Wildman–Crippen LogP) is 4.62. The summed E-state index contributed by atoms with van der Waals surface area (Å²) in [6, 6.07) is 15.3. The number of aromatic nitrogens is 4. The van der Waals surface area contributed by atoms with E-state index in [4.69, 9.17) is 4.42 Å². The van der Waals surface area contributed by atoms with Crippen LogP contribution in [0.3, 0.4) is 0 Å². The lowest BCUT2D eigenvalue weighted by molar-refractivity contribution is 0.572. The standard InChI is InChI=1S/C23H21N5O3S/c1-16(2)32(29,30)26-18-10-19(27-7-3-4-8-27)12-20(11-18)28-14-25-21-9-17(5-6-22(21)28)23-13-24-15-31-23/h3-16,26H,1-2H3. The molecule has 3 aromatic heterocycles. The van der Waals surface area contributed by atoms with Crippen LogP contribution in [0.2, 0.25) is 0 Å². The second kappa shape index (κ2) is 7.69. The summed E-state index contributed by atoms with van der Waals surface area (Å²) in [5.41, 5.74) is 4.65. The molecule has 1 N–H and O–H groups in total. The van der Waals surface area contributed by atoms with Crippen LogP contribution in [0.4, 0.5) is 5.69 Å². The van der Waals surface area contributed by atoms with Gasteiger partial charge in [0.15, 0.2) is 12.2 Å². The Labute approximate surface area is 185 Å². The van der Waals surface area contributed by atoms with Gasteiger partial charge in [-0.05, 0) is 62.4 Å². The average Bonchev–Trinajstić information content (AvgIpc) is 3.54. The van der Waals surface area contributed by atoms with E-state index in [2.05, 4.69) is 14.7 Å². The summed E-state index contributed by atoms with van der Waals surface area (Å²) in [5, 5.41) is -0.551. The Morgan fingerprint density at radius 3 is 2.53 bits per heavy atom. The van der Waals surface area contributed by atoms with Gasteiger partial charge >= 0.3 is 0 Å². The van der Waals surface area contributed by atoms with Crippen molar-refractivity contribution in [3.8, 4) is 22.7 Å². The summed E-state index contributed by atoms with van der Waals surface area (Å²) < 4.78 is 37.0. The minimum atomic E-state index is -3.50. The summed E-state index contributed by atoms with van der Waals surface area (Å²) >= 11 is 0. The van der Waals surface area contributed by atoms with Gasteiger partial charge in [-0.2, -0.15) is 0 Å². The topological polar surface area (TPSA) is 95.0 Å². The Morgan fingerprint density at radius 2 is 1.81 bits per heavy atom. The summed E-state index contributed by atoms with van der Waals surface area (Å²) in [6.07, 6.45) is 8.60. The summed E-state index contributed by atoms with van der Waals surface area (Å²) in [4.78, 5) is 8.51. The molecule has 0 aliphatic carbocycles. The van der Waals surface area contributed by atoms with Gasteiger partial charge in [0.1, 0.15) is 6.33 Å². The monoisotopic (exact) mass is 447 g/mol. The van der Waals surface area contributed by atoms with Crippen LogP contribution in [0.15, 0.2) is 84.3 Å². The molecule has 32 heavy (non-hydrogen) atoms. The highest BCUT2D eigenvalue weighted by atomic mass is 32.2. The fourth-order valence-electron chi connectivity index (χ4n) is 3.46. The number of nitrogens with zero attached hydrogens (tertiary/aromatic N) is 4. The molecule has 0 spiro atoms. The van der Waals surface area contributed by atoms with E-state index in [1.165, 1.54) is 6.39 Å². The van der Waals surface area contributed by atoms with Gasteiger partial charge in [0, 0.05) is 23.6 Å². The Kier molecular flexibility index (Phi) is 4.82. The Bertz CT molecular complexity index is 1480. The van der Waals surface area contributed by atoms with Gasteiger partial charge in [-0.25, -0.2) is 18.4 Å². The molecule has 8 nitrogen and oxygen atoms in total. The van der Waals surface area contributed by atoms with Gasteiger partial charge in [0.05, 0.1) is 33.9 Å². The molecule has 5 rings (SSSR count). The molecular formula is C23H21N5O3S. The second-order valence-electron chi connectivity index (χ2n) is 7.71. The molecule has 0 fully saturated rings. The van der Waals surface area contributed by atoms with Gasteiger partial charge in [0.25, 0.3) is 0 Å². The van der Waals surface area contributed by atoms with E-state index >= 15 is 0 Å². The number of anilines is 1. The zero-order chi connectivity index (χ0) is 22.3. The maximum absolute atomic E-state index is 12.5. The zero-order valence-electron chi connectivity index (χ0n) is 17.5. The van der Waals surface area contributed by atoms with Crippen LogP contribution in [0, 0.1) is 0 Å². The molecule has 0 unspecified atom stereocenters. The SMILES string of the molecule is CC(C)S(=O)(=O)Nc1cc(-n2cccc2)cc(-n2cnc3cc(-c4cnco4)ccc32)c1.